The van der Waals surface area contributed by atoms with E-state index in [-0.39, 0.29) is 29.3 Å². The van der Waals surface area contributed by atoms with Gasteiger partial charge in [0.25, 0.3) is 5.56 Å². The van der Waals surface area contributed by atoms with E-state index in [4.69, 9.17) is 0 Å². The predicted octanol–water partition coefficient (Wildman–Crippen LogP) is 2.81. The average Bonchev–Trinajstić information content (AvgIpc) is 3.22. The number of nitrogens with zero attached hydrogens (tertiary/aromatic N) is 2. The van der Waals surface area contributed by atoms with Gasteiger partial charge in [-0.2, -0.15) is 0 Å². The number of hydrogen-bond donors (Lipinski definition) is 1. The van der Waals surface area contributed by atoms with Crippen molar-refractivity contribution in [3.8, 4) is 5.69 Å². The van der Waals surface area contributed by atoms with Crippen LogP contribution in [0.3, 0.4) is 0 Å². The molecule has 4 aromatic rings. The van der Waals surface area contributed by atoms with Crippen LogP contribution in [0.5, 0.6) is 0 Å². The maximum atomic E-state index is 14.3. The van der Waals surface area contributed by atoms with Crippen molar-refractivity contribution in [3.05, 3.63) is 98.0 Å². The molecule has 30 heavy (non-hydrogen) atoms. The highest BCUT2D eigenvalue weighted by atomic mass is 32.1. The molecular formula is C21H15F2N3O3S. The van der Waals surface area contributed by atoms with E-state index >= 15 is 0 Å². The van der Waals surface area contributed by atoms with E-state index in [1.807, 2.05) is 0 Å². The highest BCUT2D eigenvalue weighted by Crippen LogP contribution is 2.17. The lowest BCUT2D eigenvalue weighted by atomic mass is 10.2. The summed E-state index contributed by atoms with van der Waals surface area (Å²) in [5.41, 5.74) is -0.636. The largest absolute Gasteiger partial charge is 0.350 e. The minimum absolute atomic E-state index is 0.146. The van der Waals surface area contributed by atoms with E-state index in [0.717, 1.165) is 26.5 Å². The van der Waals surface area contributed by atoms with Crippen molar-refractivity contribution in [2.24, 2.45) is 0 Å². The van der Waals surface area contributed by atoms with E-state index in [1.54, 1.807) is 11.4 Å². The normalized spacial score (nSPS) is 11.0. The number of nitrogens with one attached hydrogen (secondary N) is 1. The molecule has 0 aliphatic heterocycles. The Morgan fingerprint density at radius 3 is 2.47 bits per heavy atom. The zero-order valence-electron chi connectivity index (χ0n) is 15.5. The number of carbonyl (C=O) groups excluding carboxylic acids is 1. The average molecular weight is 427 g/mol. The first-order chi connectivity index (χ1) is 14.5. The molecule has 0 bridgehead atoms. The number of amides is 1. The smallest absolute Gasteiger partial charge is 0.336 e. The Bertz CT molecular complexity index is 1360. The Hall–Kier alpha value is -3.59. The minimum Gasteiger partial charge on any atom is -0.350 e. The third-order valence-electron chi connectivity index (χ3n) is 4.55. The predicted molar refractivity (Wildman–Crippen MR) is 110 cm³/mol. The molecule has 6 nitrogen and oxygen atoms in total. The molecule has 0 spiro atoms. The standard InChI is InChI=1S/C21H15F2N3O3S/c22-14-7-5-13(6-8-14)11-24-18(27)12-25-17-9-10-30-19(17)20(28)26(21(25)29)16-4-2-1-3-15(16)23/h1-10H,11-12H2,(H,24,27). The van der Waals surface area contributed by atoms with Gasteiger partial charge in [0.1, 0.15) is 22.9 Å². The van der Waals surface area contributed by atoms with E-state index in [2.05, 4.69) is 5.32 Å². The van der Waals surface area contributed by atoms with Gasteiger partial charge in [-0.25, -0.2) is 18.1 Å². The molecule has 2 aromatic carbocycles. The number of benzene rings is 2. The number of fused-ring (bicyclic) bond motifs is 1. The highest BCUT2D eigenvalue weighted by molar-refractivity contribution is 7.17. The molecule has 0 atom stereocenters. The van der Waals surface area contributed by atoms with Gasteiger partial charge < -0.3 is 5.32 Å². The van der Waals surface area contributed by atoms with Gasteiger partial charge in [0.15, 0.2) is 0 Å². The summed E-state index contributed by atoms with van der Waals surface area (Å²) in [4.78, 5) is 38.3. The SMILES string of the molecule is O=C(Cn1c(=O)n(-c2ccccc2F)c(=O)c2sccc21)NCc1ccc(F)cc1. The minimum atomic E-state index is -0.812. The van der Waals surface area contributed by atoms with Crippen molar-refractivity contribution in [2.75, 3.05) is 0 Å². The fourth-order valence-corrected chi connectivity index (χ4v) is 3.91. The first kappa shape index (κ1) is 19.7. The third-order valence-corrected chi connectivity index (χ3v) is 5.44. The summed E-state index contributed by atoms with van der Waals surface area (Å²) >= 11 is 1.11. The second kappa shape index (κ2) is 8.03. The molecular weight excluding hydrogens is 412 g/mol. The Morgan fingerprint density at radius 2 is 1.73 bits per heavy atom. The van der Waals surface area contributed by atoms with Crippen LogP contribution in [0.1, 0.15) is 5.56 Å². The lowest BCUT2D eigenvalue weighted by Crippen LogP contribution is -2.41. The van der Waals surface area contributed by atoms with Gasteiger partial charge in [-0.1, -0.05) is 24.3 Å². The molecule has 9 heteroatoms. The number of rotatable bonds is 5. The molecule has 2 heterocycles. The Labute approximate surface area is 172 Å². The third kappa shape index (κ3) is 3.67. The number of halogens is 2. The van der Waals surface area contributed by atoms with Crippen LogP contribution >= 0.6 is 11.3 Å². The summed E-state index contributed by atoms with van der Waals surface area (Å²) in [5, 5.41) is 4.29. The molecule has 0 aliphatic carbocycles. The van der Waals surface area contributed by atoms with Crippen molar-refractivity contribution in [2.45, 2.75) is 13.1 Å². The van der Waals surface area contributed by atoms with Crippen LogP contribution < -0.4 is 16.6 Å². The molecule has 0 unspecified atom stereocenters. The lowest BCUT2D eigenvalue weighted by Gasteiger charge is -2.13. The van der Waals surface area contributed by atoms with Crippen molar-refractivity contribution in [1.29, 1.82) is 0 Å². The Kier molecular flexibility index (Phi) is 5.28. The summed E-state index contributed by atoms with van der Waals surface area (Å²) in [5.74, 6) is -1.58. The summed E-state index contributed by atoms with van der Waals surface area (Å²) in [7, 11) is 0. The van der Waals surface area contributed by atoms with E-state index in [1.165, 1.54) is 42.5 Å². The topological polar surface area (TPSA) is 73.1 Å². The van der Waals surface area contributed by atoms with Gasteiger partial charge in [-0.15, -0.1) is 11.3 Å². The van der Waals surface area contributed by atoms with Crippen molar-refractivity contribution < 1.29 is 13.6 Å². The lowest BCUT2D eigenvalue weighted by molar-refractivity contribution is -0.121. The fraction of sp³-hybridized carbons (Fsp3) is 0.0952. The van der Waals surface area contributed by atoms with Gasteiger partial charge in [0.2, 0.25) is 5.91 Å². The van der Waals surface area contributed by atoms with Gasteiger partial charge >= 0.3 is 5.69 Å². The summed E-state index contributed by atoms with van der Waals surface area (Å²) in [6.07, 6.45) is 0. The molecule has 1 amide bonds. The molecule has 0 radical (unpaired) electrons. The molecule has 4 rings (SSSR count). The maximum Gasteiger partial charge on any atom is 0.336 e. The second-order valence-electron chi connectivity index (χ2n) is 6.50. The van der Waals surface area contributed by atoms with E-state index < -0.39 is 23.0 Å². The molecule has 152 valence electrons. The maximum absolute atomic E-state index is 14.3. The van der Waals surface area contributed by atoms with Crippen molar-refractivity contribution in [1.82, 2.24) is 14.5 Å². The van der Waals surface area contributed by atoms with Gasteiger partial charge in [-0.3, -0.25) is 14.2 Å². The van der Waals surface area contributed by atoms with Gasteiger partial charge in [0, 0.05) is 6.54 Å². The van der Waals surface area contributed by atoms with Crippen LogP contribution in [0.15, 0.2) is 69.6 Å². The van der Waals surface area contributed by atoms with Gasteiger partial charge in [0.05, 0.1) is 11.2 Å². The number of aromatic nitrogens is 2. The summed E-state index contributed by atoms with van der Waals surface area (Å²) in [6.45, 7) is -0.213. The fourth-order valence-electron chi connectivity index (χ4n) is 3.09. The summed E-state index contributed by atoms with van der Waals surface area (Å²) < 4.78 is 29.4. The Balaban J connectivity index is 1.70. The van der Waals surface area contributed by atoms with E-state index in [0.29, 0.717) is 11.1 Å². The van der Waals surface area contributed by atoms with Crippen molar-refractivity contribution >= 4 is 27.5 Å². The quantitative estimate of drug-likeness (QED) is 0.532. The second-order valence-corrected chi connectivity index (χ2v) is 7.41. The van der Waals surface area contributed by atoms with Crippen molar-refractivity contribution in [3.63, 3.8) is 0 Å². The first-order valence-corrected chi connectivity index (χ1v) is 9.83. The van der Waals surface area contributed by atoms with Crippen LogP contribution in [-0.2, 0) is 17.9 Å². The Morgan fingerprint density at radius 1 is 1.00 bits per heavy atom. The molecule has 2 aromatic heterocycles. The number of thiophene rings is 1. The molecule has 1 N–H and O–H groups in total. The summed E-state index contributed by atoms with van der Waals surface area (Å²) in [6, 6.07) is 12.7. The van der Waals surface area contributed by atoms with Crippen LogP contribution in [0.2, 0.25) is 0 Å². The van der Waals surface area contributed by atoms with Crippen LogP contribution in [-0.4, -0.2) is 15.0 Å². The molecule has 0 fully saturated rings. The zero-order chi connectivity index (χ0) is 21.3. The van der Waals surface area contributed by atoms with Crippen LogP contribution in [0.4, 0.5) is 8.78 Å². The first-order valence-electron chi connectivity index (χ1n) is 8.95. The van der Waals surface area contributed by atoms with E-state index in [9.17, 15) is 23.2 Å². The number of hydrogen-bond acceptors (Lipinski definition) is 4. The number of para-hydroxylation sites is 1. The number of carbonyl (C=O) groups is 1. The highest BCUT2D eigenvalue weighted by Gasteiger charge is 2.19. The van der Waals surface area contributed by atoms with Gasteiger partial charge in [-0.05, 0) is 41.3 Å². The molecule has 0 saturated carbocycles. The van der Waals surface area contributed by atoms with Crippen LogP contribution in [0.25, 0.3) is 15.9 Å². The van der Waals surface area contributed by atoms with Crippen LogP contribution in [0, 0.1) is 11.6 Å². The monoisotopic (exact) mass is 427 g/mol. The zero-order valence-corrected chi connectivity index (χ0v) is 16.3. The molecule has 0 aliphatic rings. The molecule has 0 saturated heterocycles.